The minimum absolute atomic E-state index is 0. The second-order valence-corrected chi connectivity index (χ2v) is 10.6. The molecule has 4 bridgehead atoms. The van der Waals surface area contributed by atoms with Crippen LogP contribution in [0, 0.1) is 44.3 Å². The Labute approximate surface area is 239 Å². The van der Waals surface area contributed by atoms with Gasteiger partial charge in [0, 0.05) is 30.9 Å². The molecule has 6 aliphatic carbocycles. The normalized spacial score (nSPS) is 32.7. The molecule has 2 N–H and O–H groups in total. The largest absolute Gasteiger partial charge is 1.00 e. The zero-order chi connectivity index (χ0) is 22.8. The number of carbonyl (C=O) groups is 2. The van der Waals surface area contributed by atoms with Gasteiger partial charge in [0.1, 0.15) is 17.9 Å². The molecule has 0 radical (unpaired) electrons. The van der Waals surface area contributed by atoms with Crippen LogP contribution in [-0.2, 0) is 22.7 Å². The number of carboxylic acid groups (broad SMARTS) is 1. The van der Waals surface area contributed by atoms with E-state index in [1.807, 2.05) is 10.8 Å². The summed E-state index contributed by atoms with van der Waals surface area (Å²) in [5, 5.41) is 34.6. The van der Waals surface area contributed by atoms with Crippen molar-refractivity contribution < 1.29 is 71.6 Å². The molecule has 0 aliphatic heterocycles. The van der Waals surface area contributed by atoms with Crippen LogP contribution >= 0.6 is 0 Å². The zero-order valence-corrected chi connectivity index (χ0v) is 22.5. The molecule has 2 aromatic rings. The molecule has 0 aromatic carbocycles. The second kappa shape index (κ2) is 8.97. The maximum atomic E-state index is 11.4. The Morgan fingerprint density at radius 3 is 1.59 bits per heavy atom. The van der Waals surface area contributed by atoms with E-state index in [0.29, 0.717) is 22.3 Å². The van der Waals surface area contributed by atoms with Gasteiger partial charge in [-0.2, -0.15) is 20.7 Å². The van der Waals surface area contributed by atoms with E-state index in [2.05, 4.69) is 16.3 Å². The molecule has 0 atom stereocenters. The van der Waals surface area contributed by atoms with Crippen molar-refractivity contribution in [2.24, 2.45) is 21.7 Å². The molecule has 0 saturated heterocycles. The predicted octanol–water partition coefficient (Wildman–Crippen LogP) is -0.649. The first-order chi connectivity index (χ1) is 15.1. The molecule has 10 nitrogen and oxygen atoms in total. The summed E-state index contributed by atoms with van der Waals surface area (Å²) >= 11 is 0. The van der Waals surface area contributed by atoms with Crippen molar-refractivity contribution in [3.05, 3.63) is 35.9 Å². The standard InChI is InChI=1S/C12H13N3O.C11H11N3O2.K.H2O/c1-9(16)12-5-11(6-12,7-12)8-15-4-10(2-13)3-14-15;12-1-8-2-13-14(3-8)7-10-4-11(5-10,6-10)9(15)16;;/h3-4H,5-8H2,1H3;2-3H,4-7H2,(H,15,16);;1H2/q;;+1;/p-1. The van der Waals surface area contributed by atoms with Crippen LogP contribution in [0.1, 0.15) is 56.6 Å². The first-order valence-corrected chi connectivity index (χ1v) is 10.7. The van der Waals surface area contributed by atoms with Crippen LogP contribution in [0.3, 0.4) is 0 Å². The first-order valence-electron chi connectivity index (χ1n) is 10.7. The van der Waals surface area contributed by atoms with E-state index in [4.69, 9.17) is 15.6 Å². The number of hydrogen-bond acceptors (Lipinski definition) is 7. The van der Waals surface area contributed by atoms with E-state index in [1.54, 1.807) is 36.4 Å². The van der Waals surface area contributed by atoms with Gasteiger partial charge in [-0.3, -0.25) is 19.0 Å². The predicted molar refractivity (Wildman–Crippen MR) is 112 cm³/mol. The number of nitriles is 2. The quantitative estimate of drug-likeness (QED) is 0.523. The van der Waals surface area contributed by atoms with Gasteiger partial charge in [0.15, 0.2) is 0 Å². The molecule has 11 heteroatoms. The fraction of sp³-hybridized carbons (Fsp3) is 0.565. The van der Waals surface area contributed by atoms with Crippen LogP contribution in [0.15, 0.2) is 24.8 Å². The number of carboxylic acids is 1. The van der Waals surface area contributed by atoms with Gasteiger partial charge in [-0.05, 0) is 56.3 Å². The fourth-order valence-corrected chi connectivity index (χ4v) is 6.63. The molecule has 0 amide bonds. The number of carbonyl (C=O) groups excluding carboxylic acids is 1. The van der Waals surface area contributed by atoms with Crippen LogP contribution in [0.2, 0.25) is 0 Å². The maximum Gasteiger partial charge on any atom is 1.00 e. The monoisotopic (exact) mass is 488 g/mol. The Balaban J connectivity index is 0.000000180. The van der Waals surface area contributed by atoms with Gasteiger partial charge in [-0.15, -0.1) is 0 Å². The molecule has 34 heavy (non-hydrogen) atoms. The maximum absolute atomic E-state index is 11.4. The average Bonchev–Trinajstić information content (AvgIpc) is 3.27. The van der Waals surface area contributed by atoms with Gasteiger partial charge in [0.25, 0.3) is 0 Å². The molecule has 2 heterocycles. The molecule has 6 saturated carbocycles. The van der Waals surface area contributed by atoms with Gasteiger partial charge in [-0.25, -0.2) is 0 Å². The van der Waals surface area contributed by atoms with Crippen molar-refractivity contribution in [3.8, 4) is 12.1 Å². The van der Waals surface area contributed by atoms with Crippen LogP contribution in [-0.4, -0.2) is 41.9 Å². The van der Waals surface area contributed by atoms with Gasteiger partial charge in [-0.1, -0.05) is 0 Å². The summed E-state index contributed by atoms with van der Waals surface area (Å²) in [6.45, 7) is 3.29. The van der Waals surface area contributed by atoms with E-state index in [1.165, 1.54) is 0 Å². The molecule has 6 aliphatic rings. The SMILES string of the molecule is CC(=O)C12CC(Cn3cc(C#N)cn3)(C1)C2.N#Cc1cnn(CC23CC(C(=O)O)(C2)C3)c1.[K+].[OH-]. The van der Waals surface area contributed by atoms with Crippen molar-refractivity contribution in [1.29, 1.82) is 10.5 Å². The van der Waals surface area contributed by atoms with Crippen molar-refractivity contribution in [2.45, 2.75) is 58.5 Å². The second-order valence-electron chi connectivity index (χ2n) is 10.6. The summed E-state index contributed by atoms with van der Waals surface area (Å²) in [4.78, 5) is 22.3. The molecular formula is C23H25KN6O4. The summed E-state index contributed by atoms with van der Waals surface area (Å²) in [5.41, 5.74) is 1.19. The van der Waals surface area contributed by atoms with Gasteiger partial charge < -0.3 is 10.6 Å². The minimum atomic E-state index is -0.660. The molecule has 6 fully saturated rings. The molecule has 2 aromatic heterocycles. The number of aromatic nitrogens is 4. The number of aliphatic carboxylic acids is 1. The third kappa shape index (κ3) is 4.19. The topological polar surface area (TPSA) is 168 Å². The summed E-state index contributed by atoms with van der Waals surface area (Å²) in [5.74, 6) is -0.319. The Hall–Kier alpha value is -1.86. The molecular weight excluding hydrogens is 463 g/mol. The van der Waals surface area contributed by atoms with E-state index in [-0.39, 0.29) is 67.7 Å². The fourth-order valence-electron chi connectivity index (χ4n) is 6.63. The summed E-state index contributed by atoms with van der Waals surface area (Å²) in [6, 6.07) is 4.10. The van der Waals surface area contributed by atoms with Gasteiger partial charge in [0.2, 0.25) is 0 Å². The number of ketones is 1. The third-order valence-corrected chi connectivity index (χ3v) is 8.00. The van der Waals surface area contributed by atoms with Crippen molar-refractivity contribution in [2.75, 3.05) is 0 Å². The Kier molecular flexibility index (Phi) is 7.06. The van der Waals surface area contributed by atoms with Crippen molar-refractivity contribution >= 4 is 11.8 Å². The van der Waals surface area contributed by atoms with Crippen LogP contribution < -0.4 is 51.4 Å². The molecule has 0 spiro atoms. The first kappa shape index (κ1) is 26.7. The Morgan fingerprint density at radius 2 is 1.29 bits per heavy atom. The van der Waals surface area contributed by atoms with E-state index in [9.17, 15) is 9.59 Å². The minimum Gasteiger partial charge on any atom is -0.870 e. The number of nitrogens with zero attached hydrogens (tertiary/aromatic N) is 6. The third-order valence-electron chi connectivity index (χ3n) is 8.00. The summed E-state index contributed by atoms with van der Waals surface area (Å²) < 4.78 is 3.59. The van der Waals surface area contributed by atoms with E-state index < -0.39 is 11.4 Å². The average molecular weight is 489 g/mol. The Bertz CT molecular complexity index is 1080. The van der Waals surface area contributed by atoms with Gasteiger partial charge in [0.05, 0.1) is 28.9 Å². The van der Waals surface area contributed by atoms with Crippen LogP contribution in [0.5, 0.6) is 0 Å². The molecule has 0 unspecified atom stereocenters. The number of hydrogen-bond donors (Lipinski definition) is 1. The van der Waals surface area contributed by atoms with Crippen molar-refractivity contribution in [3.63, 3.8) is 0 Å². The number of rotatable bonds is 6. The molecule has 172 valence electrons. The zero-order valence-electron chi connectivity index (χ0n) is 19.4. The van der Waals surface area contributed by atoms with Gasteiger partial charge >= 0.3 is 57.4 Å². The number of Topliss-reactive ketones (excluding diaryl/α,β-unsaturated/α-hetero) is 1. The van der Waals surface area contributed by atoms with E-state index in [0.717, 1.165) is 51.6 Å². The summed E-state index contributed by atoms with van der Waals surface area (Å²) in [6.07, 6.45) is 11.9. The Morgan fingerprint density at radius 1 is 0.912 bits per heavy atom. The van der Waals surface area contributed by atoms with Crippen molar-refractivity contribution in [1.82, 2.24) is 19.6 Å². The van der Waals surface area contributed by atoms with Crippen LogP contribution in [0.25, 0.3) is 0 Å². The summed E-state index contributed by atoms with van der Waals surface area (Å²) in [7, 11) is 0. The van der Waals surface area contributed by atoms with Crippen LogP contribution in [0.4, 0.5) is 0 Å². The smallest absolute Gasteiger partial charge is 0.870 e. The molecule has 8 rings (SSSR count). The van der Waals surface area contributed by atoms with E-state index >= 15 is 0 Å².